The summed E-state index contributed by atoms with van der Waals surface area (Å²) in [5.74, 6) is 2.04. The molecule has 0 aliphatic heterocycles. The summed E-state index contributed by atoms with van der Waals surface area (Å²) in [6.45, 7) is 2.05. The van der Waals surface area contributed by atoms with E-state index in [1.807, 2.05) is 41.8 Å². The largest absolute Gasteiger partial charge is 0.338 e. The highest BCUT2D eigenvalue weighted by atomic mass is 35.5. The third-order valence-electron chi connectivity index (χ3n) is 5.28. The van der Waals surface area contributed by atoms with Gasteiger partial charge in [0, 0.05) is 11.6 Å². The van der Waals surface area contributed by atoms with Gasteiger partial charge in [-0.25, -0.2) is 0 Å². The van der Waals surface area contributed by atoms with E-state index >= 15 is 0 Å². The maximum Gasteiger partial charge on any atom is 0.240 e. The molecule has 0 spiro atoms. The first-order valence-electron chi connectivity index (χ1n) is 9.94. The molecule has 0 unspecified atom stereocenters. The van der Waals surface area contributed by atoms with Crippen molar-refractivity contribution in [3.8, 4) is 22.1 Å². The van der Waals surface area contributed by atoms with E-state index < -0.39 is 0 Å². The second-order valence-electron chi connectivity index (χ2n) is 7.29. The fourth-order valence-electron chi connectivity index (χ4n) is 3.79. The SMILES string of the molecule is C[C@H](Sc1nnc(-c2ccccc2Cl)n1C1CCCC1)c1nc(-c2cccs2)no1. The molecule has 5 rings (SSSR count). The standard InChI is InChI=1S/C21H20ClN5OS2/c1-13(20-23-18(26-28-20)17-11-6-12-29-17)30-21-25-24-19(15-9-4-5-10-16(15)22)27(21)14-7-2-3-8-14/h4-6,9-14H,2-3,7-8H2,1H3/t13-/m0/s1. The molecule has 1 atom stereocenters. The molecule has 1 aliphatic rings. The van der Waals surface area contributed by atoms with Gasteiger partial charge in [-0.15, -0.1) is 21.5 Å². The molecule has 3 aromatic heterocycles. The van der Waals surface area contributed by atoms with Crippen molar-refractivity contribution >= 4 is 34.7 Å². The first-order valence-corrected chi connectivity index (χ1v) is 12.1. The fraction of sp³-hybridized carbons (Fsp3) is 0.333. The number of nitrogens with zero attached hydrogens (tertiary/aromatic N) is 5. The molecule has 0 amide bonds. The fourth-order valence-corrected chi connectivity index (χ4v) is 5.61. The van der Waals surface area contributed by atoms with Crippen molar-refractivity contribution < 1.29 is 4.52 Å². The van der Waals surface area contributed by atoms with Gasteiger partial charge >= 0.3 is 0 Å². The van der Waals surface area contributed by atoms with Crippen LogP contribution in [0.5, 0.6) is 0 Å². The second kappa shape index (κ2) is 8.53. The van der Waals surface area contributed by atoms with Gasteiger partial charge in [-0.3, -0.25) is 4.57 Å². The summed E-state index contributed by atoms with van der Waals surface area (Å²) in [5.41, 5.74) is 0.913. The van der Waals surface area contributed by atoms with Crippen molar-refractivity contribution in [2.24, 2.45) is 0 Å². The molecule has 3 heterocycles. The minimum atomic E-state index is -0.0466. The van der Waals surface area contributed by atoms with E-state index in [0.717, 1.165) is 34.3 Å². The van der Waals surface area contributed by atoms with Crippen molar-refractivity contribution in [2.75, 3.05) is 0 Å². The van der Waals surface area contributed by atoms with Crippen LogP contribution in [0.15, 0.2) is 51.5 Å². The van der Waals surface area contributed by atoms with Gasteiger partial charge < -0.3 is 4.52 Å². The van der Waals surface area contributed by atoms with Crippen LogP contribution in [0.2, 0.25) is 5.02 Å². The van der Waals surface area contributed by atoms with Crippen LogP contribution in [0.1, 0.15) is 49.8 Å². The number of halogens is 1. The molecule has 0 radical (unpaired) electrons. The molecule has 0 N–H and O–H groups in total. The van der Waals surface area contributed by atoms with Crippen LogP contribution < -0.4 is 0 Å². The number of aromatic nitrogens is 5. The van der Waals surface area contributed by atoms with Crippen LogP contribution >= 0.6 is 34.7 Å². The Balaban J connectivity index is 1.46. The van der Waals surface area contributed by atoms with E-state index in [1.165, 1.54) is 12.8 Å². The summed E-state index contributed by atoms with van der Waals surface area (Å²) in [5, 5.41) is 16.7. The van der Waals surface area contributed by atoms with E-state index in [9.17, 15) is 0 Å². The second-order valence-corrected chi connectivity index (χ2v) is 9.95. The maximum atomic E-state index is 6.48. The molecule has 9 heteroatoms. The van der Waals surface area contributed by atoms with Crippen LogP contribution in [0.3, 0.4) is 0 Å². The number of thiophene rings is 1. The summed E-state index contributed by atoms with van der Waals surface area (Å²) < 4.78 is 7.80. The molecule has 6 nitrogen and oxygen atoms in total. The van der Waals surface area contributed by atoms with Gasteiger partial charge in [0.1, 0.15) is 0 Å². The Morgan fingerprint density at radius 1 is 1.17 bits per heavy atom. The molecular weight excluding hydrogens is 438 g/mol. The lowest BCUT2D eigenvalue weighted by molar-refractivity contribution is 0.380. The molecule has 4 aromatic rings. The van der Waals surface area contributed by atoms with Crippen LogP contribution in [-0.4, -0.2) is 24.9 Å². The zero-order chi connectivity index (χ0) is 20.5. The van der Waals surface area contributed by atoms with E-state index in [1.54, 1.807) is 23.1 Å². The number of benzene rings is 1. The molecular formula is C21H20ClN5OS2. The monoisotopic (exact) mass is 457 g/mol. The van der Waals surface area contributed by atoms with Crippen molar-refractivity contribution in [2.45, 2.75) is 49.1 Å². The first kappa shape index (κ1) is 19.8. The smallest absolute Gasteiger partial charge is 0.240 e. The summed E-state index contributed by atoms with van der Waals surface area (Å²) in [6, 6.07) is 12.2. The highest BCUT2D eigenvalue weighted by molar-refractivity contribution is 7.99. The number of hydrogen-bond acceptors (Lipinski definition) is 7. The summed E-state index contributed by atoms with van der Waals surface area (Å²) in [6.07, 6.45) is 4.69. The molecule has 1 saturated carbocycles. The van der Waals surface area contributed by atoms with Crippen LogP contribution in [0.4, 0.5) is 0 Å². The van der Waals surface area contributed by atoms with Gasteiger partial charge in [0.2, 0.25) is 11.7 Å². The molecule has 1 fully saturated rings. The lowest BCUT2D eigenvalue weighted by Gasteiger charge is -2.18. The third-order valence-corrected chi connectivity index (χ3v) is 7.52. The Hall–Kier alpha value is -2.16. The Bertz CT molecular complexity index is 1130. The molecule has 154 valence electrons. The first-order chi connectivity index (χ1) is 14.7. The third kappa shape index (κ3) is 3.79. The molecule has 1 aliphatic carbocycles. The van der Waals surface area contributed by atoms with Crippen LogP contribution in [0.25, 0.3) is 22.1 Å². The highest BCUT2D eigenvalue weighted by Crippen LogP contribution is 2.41. The molecule has 0 saturated heterocycles. The Morgan fingerprint density at radius 3 is 2.77 bits per heavy atom. The van der Waals surface area contributed by atoms with Gasteiger partial charge in [-0.05, 0) is 43.3 Å². The van der Waals surface area contributed by atoms with E-state index in [4.69, 9.17) is 16.1 Å². The van der Waals surface area contributed by atoms with E-state index in [2.05, 4.69) is 31.8 Å². The average molecular weight is 458 g/mol. The molecule has 30 heavy (non-hydrogen) atoms. The molecule has 1 aromatic carbocycles. The molecule has 0 bridgehead atoms. The Kier molecular flexibility index (Phi) is 5.62. The van der Waals surface area contributed by atoms with Crippen molar-refractivity contribution in [3.05, 3.63) is 52.7 Å². The van der Waals surface area contributed by atoms with Gasteiger partial charge in [0.25, 0.3) is 0 Å². The predicted molar refractivity (Wildman–Crippen MR) is 120 cm³/mol. The van der Waals surface area contributed by atoms with Crippen LogP contribution in [-0.2, 0) is 0 Å². The van der Waals surface area contributed by atoms with Gasteiger partial charge in [-0.1, -0.05) is 59.6 Å². The average Bonchev–Trinajstić information content (AvgIpc) is 3.55. The minimum absolute atomic E-state index is 0.0466. The lowest BCUT2D eigenvalue weighted by atomic mass is 10.2. The predicted octanol–water partition coefficient (Wildman–Crippen LogP) is 6.68. The van der Waals surface area contributed by atoms with Crippen molar-refractivity contribution in [1.82, 2.24) is 24.9 Å². The quantitative estimate of drug-likeness (QED) is 0.301. The summed E-state index contributed by atoms with van der Waals surface area (Å²) in [7, 11) is 0. The van der Waals surface area contributed by atoms with Crippen molar-refractivity contribution in [1.29, 1.82) is 0 Å². The van der Waals surface area contributed by atoms with Gasteiger partial charge in [0.15, 0.2) is 11.0 Å². The Labute approximate surface area is 187 Å². The highest BCUT2D eigenvalue weighted by Gasteiger charge is 2.28. The zero-order valence-corrected chi connectivity index (χ0v) is 18.8. The van der Waals surface area contributed by atoms with Crippen LogP contribution in [0, 0.1) is 0 Å². The van der Waals surface area contributed by atoms with E-state index in [-0.39, 0.29) is 5.25 Å². The van der Waals surface area contributed by atoms with Gasteiger partial charge in [0.05, 0.1) is 15.1 Å². The normalized spacial score (nSPS) is 15.7. The van der Waals surface area contributed by atoms with Gasteiger partial charge in [-0.2, -0.15) is 4.98 Å². The minimum Gasteiger partial charge on any atom is -0.338 e. The number of thioether (sulfide) groups is 1. The zero-order valence-electron chi connectivity index (χ0n) is 16.4. The van der Waals surface area contributed by atoms with Crippen molar-refractivity contribution in [3.63, 3.8) is 0 Å². The maximum absolute atomic E-state index is 6.48. The van der Waals surface area contributed by atoms with E-state index in [0.29, 0.717) is 22.8 Å². The Morgan fingerprint density at radius 2 is 2.00 bits per heavy atom. The summed E-state index contributed by atoms with van der Waals surface area (Å²) >= 11 is 9.67. The summed E-state index contributed by atoms with van der Waals surface area (Å²) in [4.78, 5) is 5.59. The lowest BCUT2D eigenvalue weighted by Crippen LogP contribution is -2.09. The number of rotatable bonds is 6. The number of hydrogen-bond donors (Lipinski definition) is 0. The topological polar surface area (TPSA) is 69.6 Å².